The molecule has 7 N–H and O–H groups in total. The first-order valence-electron chi connectivity index (χ1n) is 20.1. The molecule has 62 heavy (non-hydrogen) atoms. The molecule has 3 aromatic carbocycles. The number of carbonyl (C=O) groups is 7. The molecule has 326 valence electrons. The van der Waals surface area contributed by atoms with E-state index in [1.165, 1.54) is 12.1 Å². The van der Waals surface area contributed by atoms with Crippen LogP contribution in [0.25, 0.3) is 11.3 Å². The molecule has 0 radical (unpaired) electrons. The topological polar surface area (TPSA) is 246 Å². The Morgan fingerprint density at radius 2 is 1.47 bits per heavy atom. The van der Waals surface area contributed by atoms with Gasteiger partial charge in [-0.05, 0) is 36.1 Å². The molecule has 4 amide bonds. The third-order valence-corrected chi connectivity index (χ3v) is 9.74. The number of benzene rings is 3. The predicted octanol–water partition coefficient (Wildman–Crippen LogP) is 2.55. The Morgan fingerprint density at radius 1 is 0.823 bits per heavy atom. The number of hydrogen-bond acceptors (Lipinski definition) is 10. The number of nitrogens with zero attached hydrogens (tertiary/aromatic N) is 2. The minimum Gasteiger partial charge on any atom is -0.491 e. The number of aliphatic carboxylic acids is 2. The maximum atomic E-state index is 15.2. The van der Waals surface area contributed by atoms with Gasteiger partial charge in [-0.15, -0.1) is 0 Å². The van der Waals surface area contributed by atoms with Crippen LogP contribution in [0.2, 0.25) is 0 Å². The van der Waals surface area contributed by atoms with Gasteiger partial charge in [-0.3, -0.25) is 34.1 Å². The summed E-state index contributed by atoms with van der Waals surface area (Å²) in [5.41, 5.74) is 3.92. The minimum atomic E-state index is -1.45. The SMILES string of the molecule is CC(=O)NC(CC(=O)O)C(=O)NCC(=O)NC(CC(=O)O)C(=O)NCCCCCCOc1ccc(CC2Nc3c(Cc4ccccc4)nc(-c4ccccc4)c[n+]3C2=O)cc1F. The largest absolute Gasteiger partial charge is 0.491 e. The lowest BCUT2D eigenvalue weighted by molar-refractivity contribution is -0.552. The second-order valence-corrected chi connectivity index (χ2v) is 14.7. The van der Waals surface area contributed by atoms with E-state index in [4.69, 9.17) is 14.8 Å². The summed E-state index contributed by atoms with van der Waals surface area (Å²) in [6.45, 7) is 0.784. The quantitative estimate of drug-likeness (QED) is 0.0421. The summed E-state index contributed by atoms with van der Waals surface area (Å²) >= 11 is 0. The van der Waals surface area contributed by atoms with Gasteiger partial charge in [-0.1, -0.05) is 79.6 Å². The van der Waals surface area contributed by atoms with Crippen molar-refractivity contribution in [3.63, 3.8) is 0 Å². The van der Waals surface area contributed by atoms with E-state index in [1.54, 1.807) is 16.8 Å². The third kappa shape index (κ3) is 13.7. The van der Waals surface area contributed by atoms with E-state index < -0.39 is 78.9 Å². The number of halogens is 1. The lowest BCUT2D eigenvalue weighted by Crippen LogP contribution is -2.52. The number of carbonyl (C=O) groups excluding carboxylic acids is 5. The van der Waals surface area contributed by atoms with Crippen molar-refractivity contribution >= 4 is 47.3 Å². The lowest BCUT2D eigenvalue weighted by atomic mass is 10.1. The molecule has 0 saturated heterocycles. The number of fused-ring (bicyclic) bond motifs is 1. The molecular weight excluding hydrogens is 806 g/mol. The Kier molecular flexibility index (Phi) is 16.6. The fourth-order valence-corrected chi connectivity index (χ4v) is 6.74. The minimum absolute atomic E-state index is 0.0742. The van der Waals surface area contributed by atoms with Gasteiger partial charge < -0.3 is 36.2 Å². The van der Waals surface area contributed by atoms with Crippen LogP contribution in [0.5, 0.6) is 5.75 Å². The zero-order valence-corrected chi connectivity index (χ0v) is 34.0. The van der Waals surface area contributed by atoms with Gasteiger partial charge in [0, 0.05) is 31.9 Å². The van der Waals surface area contributed by atoms with Crippen molar-refractivity contribution in [1.29, 1.82) is 0 Å². The number of rotatable bonds is 23. The van der Waals surface area contributed by atoms with E-state index in [9.17, 15) is 38.7 Å². The number of unbranched alkanes of at least 4 members (excludes halogenated alkanes) is 3. The molecule has 0 aliphatic carbocycles. The molecular formula is C44H49FN7O10+. The van der Waals surface area contributed by atoms with Crippen molar-refractivity contribution in [3.05, 3.63) is 108 Å². The number of amides is 4. The highest BCUT2D eigenvalue weighted by Gasteiger charge is 2.41. The number of carboxylic acid groups (broad SMARTS) is 2. The molecule has 3 unspecified atom stereocenters. The molecule has 0 saturated carbocycles. The van der Waals surface area contributed by atoms with Gasteiger partial charge in [0.15, 0.2) is 17.6 Å². The van der Waals surface area contributed by atoms with Crippen LogP contribution in [-0.2, 0) is 41.6 Å². The number of anilines is 1. The van der Waals surface area contributed by atoms with Crippen LogP contribution in [-0.4, -0.2) is 94.5 Å². The molecule has 0 fully saturated rings. The molecule has 3 atom stereocenters. The third-order valence-electron chi connectivity index (χ3n) is 9.74. The first-order chi connectivity index (χ1) is 29.8. The van der Waals surface area contributed by atoms with Crippen molar-refractivity contribution in [2.45, 2.75) is 76.4 Å². The van der Waals surface area contributed by atoms with Gasteiger partial charge in [0.1, 0.15) is 29.7 Å². The number of hydrogen-bond donors (Lipinski definition) is 7. The highest BCUT2D eigenvalue weighted by Crippen LogP contribution is 2.26. The van der Waals surface area contributed by atoms with Crippen LogP contribution in [0, 0.1) is 5.82 Å². The van der Waals surface area contributed by atoms with E-state index in [0.717, 1.165) is 23.7 Å². The zero-order valence-electron chi connectivity index (χ0n) is 34.0. The second-order valence-electron chi connectivity index (χ2n) is 14.7. The predicted molar refractivity (Wildman–Crippen MR) is 221 cm³/mol. The molecule has 18 heteroatoms. The van der Waals surface area contributed by atoms with Crippen LogP contribution in [0.15, 0.2) is 85.1 Å². The van der Waals surface area contributed by atoms with Crippen LogP contribution >= 0.6 is 0 Å². The summed E-state index contributed by atoms with van der Waals surface area (Å²) in [5, 5.41) is 30.7. The first kappa shape index (κ1) is 45.8. The van der Waals surface area contributed by atoms with Gasteiger partial charge in [0.25, 0.3) is 0 Å². The summed E-state index contributed by atoms with van der Waals surface area (Å²) in [4.78, 5) is 89.7. The van der Waals surface area contributed by atoms with Gasteiger partial charge >= 0.3 is 23.7 Å². The highest BCUT2D eigenvalue weighted by atomic mass is 19.1. The molecule has 2 heterocycles. The maximum absolute atomic E-state index is 15.2. The van der Waals surface area contributed by atoms with Gasteiger partial charge in [0.05, 0.1) is 26.0 Å². The highest BCUT2D eigenvalue weighted by molar-refractivity contribution is 5.94. The molecule has 1 aliphatic rings. The van der Waals surface area contributed by atoms with E-state index in [1.807, 2.05) is 60.7 Å². The second kappa shape index (κ2) is 22.4. The average Bonchev–Trinajstić information content (AvgIpc) is 3.55. The summed E-state index contributed by atoms with van der Waals surface area (Å²) in [6, 6.07) is 20.6. The van der Waals surface area contributed by atoms with Crippen molar-refractivity contribution in [2.75, 3.05) is 25.0 Å². The average molecular weight is 855 g/mol. The van der Waals surface area contributed by atoms with Crippen LogP contribution in [0.4, 0.5) is 10.2 Å². The monoisotopic (exact) mass is 854 g/mol. The van der Waals surface area contributed by atoms with E-state index in [0.29, 0.717) is 49.2 Å². The van der Waals surface area contributed by atoms with E-state index in [2.05, 4.69) is 26.6 Å². The Bertz CT molecular complexity index is 2250. The first-order valence-corrected chi connectivity index (χ1v) is 20.1. The van der Waals surface area contributed by atoms with Crippen molar-refractivity contribution < 1.29 is 57.5 Å². The normalized spacial score (nSPS) is 13.8. The molecule has 1 aromatic heterocycles. The smallest absolute Gasteiger partial charge is 0.359 e. The maximum Gasteiger partial charge on any atom is 0.359 e. The van der Waals surface area contributed by atoms with Gasteiger partial charge in [-0.2, -0.15) is 4.57 Å². The number of nitrogens with one attached hydrogen (secondary N) is 5. The number of aromatic nitrogens is 2. The Hall–Kier alpha value is -7.24. The standard InChI is InChI=1S/C44H48FN7O10/c1-27(53)48-33(23-39(55)56)43(60)47-25-38(54)50-34(24-40(57)58)42(59)46-18-10-2-3-11-19-62-37-17-16-29(20-31(37)45)22-35-44(61)52-26-36(30-14-8-5-9-15-30)49-32(41(52)51-35)21-28-12-6-4-7-13-28/h4-9,12-17,20,26,33-35H,2-3,10-11,18-19,21-25H2,1H3,(H6,46,47,48,50,53,54,55,56,57,58,59,60)/p+1. The summed E-state index contributed by atoms with van der Waals surface area (Å²) in [5.74, 6) is -6.04. The molecule has 5 rings (SSSR count). The Balaban J connectivity index is 1.04. The molecule has 1 aliphatic heterocycles. The Labute approximate surface area is 356 Å². The Morgan fingerprint density at radius 3 is 2.13 bits per heavy atom. The molecule has 17 nitrogen and oxygen atoms in total. The van der Waals surface area contributed by atoms with Crippen molar-refractivity contribution in [3.8, 4) is 17.0 Å². The number of ether oxygens (including phenoxy) is 1. The van der Waals surface area contributed by atoms with Crippen LogP contribution in [0.1, 0.15) is 67.1 Å². The van der Waals surface area contributed by atoms with Crippen LogP contribution < -0.4 is 35.9 Å². The fraction of sp³-hybridized carbons (Fsp3) is 0.341. The summed E-state index contributed by atoms with van der Waals surface area (Å²) in [6.07, 6.45) is 3.42. The molecule has 0 spiro atoms. The zero-order chi connectivity index (χ0) is 44.6. The van der Waals surface area contributed by atoms with Crippen LogP contribution in [0.3, 0.4) is 0 Å². The molecule has 4 aromatic rings. The number of carboxylic acids is 2. The summed E-state index contributed by atoms with van der Waals surface area (Å²) in [7, 11) is 0. The lowest BCUT2D eigenvalue weighted by Gasteiger charge is -2.18. The van der Waals surface area contributed by atoms with Gasteiger partial charge in [0.2, 0.25) is 23.6 Å². The fourth-order valence-electron chi connectivity index (χ4n) is 6.74. The van der Waals surface area contributed by atoms with Crippen molar-refractivity contribution in [2.24, 2.45) is 0 Å². The van der Waals surface area contributed by atoms with E-state index >= 15 is 4.39 Å². The molecule has 0 bridgehead atoms. The van der Waals surface area contributed by atoms with E-state index in [-0.39, 0.29) is 31.2 Å². The summed E-state index contributed by atoms with van der Waals surface area (Å²) < 4.78 is 22.5. The van der Waals surface area contributed by atoms with Crippen molar-refractivity contribution in [1.82, 2.24) is 26.3 Å². The van der Waals surface area contributed by atoms with Gasteiger partial charge in [-0.25, -0.2) is 14.2 Å².